The highest BCUT2D eigenvalue weighted by Crippen LogP contribution is 2.35. The van der Waals surface area contributed by atoms with E-state index in [-0.39, 0.29) is 23.5 Å². The SMILES string of the molecule is CCNc1ncc2c(n1)N1CCCC1CN(c1cccc(-c3nc(C(=O)O)co3)c1)C2=O. The molecule has 1 saturated heterocycles. The Bertz CT molecular complexity index is 1190. The van der Waals surface area contributed by atoms with Gasteiger partial charge in [0.05, 0.1) is 0 Å². The van der Waals surface area contributed by atoms with Gasteiger partial charge >= 0.3 is 5.97 Å². The number of hydrogen-bond donors (Lipinski definition) is 2. The predicted octanol–water partition coefficient (Wildman–Crippen LogP) is 2.89. The van der Waals surface area contributed by atoms with Crippen molar-refractivity contribution in [1.82, 2.24) is 15.0 Å². The molecule has 10 nitrogen and oxygen atoms in total. The van der Waals surface area contributed by atoms with E-state index in [0.717, 1.165) is 25.6 Å². The van der Waals surface area contributed by atoms with E-state index in [9.17, 15) is 9.59 Å². The van der Waals surface area contributed by atoms with Crippen LogP contribution < -0.4 is 15.1 Å². The van der Waals surface area contributed by atoms with Gasteiger partial charge < -0.3 is 24.6 Å². The van der Waals surface area contributed by atoms with Gasteiger partial charge in [-0.25, -0.2) is 14.8 Å². The number of anilines is 3. The van der Waals surface area contributed by atoms with Gasteiger partial charge in [0.25, 0.3) is 5.91 Å². The van der Waals surface area contributed by atoms with Crippen molar-refractivity contribution in [3.63, 3.8) is 0 Å². The smallest absolute Gasteiger partial charge is 0.357 e. The van der Waals surface area contributed by atoms with Crippen LogP contribution in [0.2, 0.25) is 0 Å². The second-order valence-electron chi connectivity index (χ2n) is 7.76. The highest BCUT2D eigenvalue weighted by molar-refractivity contribution is 6.10. The molecule has 5 rings (SSSR count). The molecule has 1 unspecified atom stereocenters. The van der Waals surface area contributed by atoms with E-state index in [4.69, 9.17) is 9.52 Å². The van der Waals surface area contributed by atoms with Crippen molar-refractivity contribution >= 4 is 29.3 Å². The molecule has 1 atom stereocenters. The largest absolute Gasteiger partial charge is 0.476 e. The van der Waals surface area contributed by atoms with Crippen LogP contribution in [0.15, 0.2) is 41.1 Å². The van der Waals surface area contributed by atoms with Crippen LogP contribution in [0, 0.1) is 0 Å². The van der Waals surface area contributed by atoms with Crippen molar-refractivity contribution in [2.75, 3.05) is 34.8 Å². The molecule has 32 heavy (non-hydrogen) atoms. The van der Waals surface area contributed by atoms with Gasteiger partial charge in [-0.15, -0.1) is 0 Å². The number of carboxylic acid groups (broad SMARTS) is 1. The summed E-state index contributed by atoms with van der Waals surface area (Å²) in [4.78, 5) is 41.6. The van der Waals surface area contributed by atoms with Crippen LogP contribution in [0.1, 0.15) is 40.6 Å². The number of amides is 1. The molecule has 164 valence electrons. The van der Waals surface area contributed by atoms with Crippen LogP contribution in [0.3, 0.4) is 0 Å². The van der Waals surface area contributed by atoms with Gasteiger partial charge in [0.1, 0.15) is 17.6 Å². The first-order valence-electron chi connectivity index (χ1n) is 10.5. The Morgan fingerprint density at radius 3 is 3.00 bits per heavy atom. The third-order valence-corrected chi connectivity index (χ3v) is 5.75. The normalized spacial score (nSPS) is 17.7. The van der Waals surface area contributed by atoms with Gasteiger partial charge in [-0.2, -0.15) is 4.98 Å². The molecule has 2 aliphatic heterocycles. The number of carbonyl (C=O) groups excluding carboxylic acids is 1. The number of hydrogen-bond acceptors (Lipinski definition) is 8. The van der Waals surface area contributed by atoms with Crippen molar-refractivity contribution in [2.45, 2.75) is 25.8 Å². The minimum absolute atomic E-state index is 0.147. The summed E-state index contributed by atoms with van der Waals surface area (Å²) >= 11 is 0. The lowest BCUT2D eigenvalue weighted by Crippen LogP contribution is -2.39. The van der Waals surface area contributed by atoms with Crippen molar-refractivity contribution in [1.29, 1.82) is 0 Å². The average Bonchev–Trinajstić information content (AvgIpc) is 3.45. The molecule has 4 heterocycles. The van der Waals surface area contributed by atoms with Crippen LogP contribution >= 0.6 is 0 Å². The number of aromatic nitrogens is 3. The highest BCUT2D eigenvalue weighted by atomic mass is 16.4. The number of rotatable bonds is 5. The summed E-state index contributed by atoms with van der Waals surface area (Å²) in [6.07, 6.45) is 4.69. The van der Waals surface area contributed by atoms with Gasteiger partial charge in [0.2, 0.25) is 11.8 Å². The van der Waals surface area contributed by atoms with Crippen LogP contribution in [-0.2, 0) is 0 Å². The third-order valence-electron chi connectivity index (χ3n) is 5.75. The zero-order chi connectivity index (χ0) is 22.2. The maximum Gasteiger partial charge on any atom is 0.357 e. The first-order chi connectivity index (χ1) is 15.5. The van der Waals surface area contributed by atoms with Crippen molar-refractivity contribution in [3.8, 4) is 11.5 Å². The predicted molar refractivity (Wildman–Crippen MR) is 117 cm³/mol. The maximum atomic E-state index is 13.6. The second kappa shape index (κ2) is 7.95. The number of carbonyl (C=O) groups is 2. The molecule has 1 fully saturated rings. The zero-order valence-corrected chi connectivity index (χ0v) is 17.5. The second-order valence-corrected chi connectivity index (χ2v) is 7.76. The molecule has 10 heteroatoms. The van der Waals surface area contributed by atoms with E-state index in [0.29, 0.717) is 41.7 Å². The number of benzene rings is 1. The molecule has 1 amide bonds. The fraction of sp³-hybridized carbons (Fsp3) is 0.318. The lowest BCUT2D eigenvalue weighted by molar-refractivity contribution is 0.0690. The molecule has 1 aromatic carbocycles. The number of fused-ring (bicyclic) bond motifs is 3. The average molecular weight is 434 g/mol. The summed E-state index contributed by atoms with van der Waals surface area (Å²) in [7, 11) is 0. The van der Waals surface area contributed by atoms with Gasteiger partial charge in [-0.1, -0.05) is 6.07 Å². The molecule has 0 aliphatic carbocycles. The lowest BCUT2D eigenvalue weighted by atomic mass is 10.1. The van der Waals surface area contributed by atoms with Gasteiger partial charge in [0, 0.05) is 43.1 Å². The number of oxazole rings is 1. The Labute approximate surface area is 183 Å². The number of aromatic carboxylic acids is 1. The Morgan fingerprint density at radius 2 is 2.22 bits per heavy atom. The van der Waals surface area contributed by atoms with Crippen molar-refractivity contribution in [3.05, 3.63) is 48.0 Å². The number of nitrogens with one attached hydrogen (secondary N) is 1. The Morgan fingerprint density at radius 1 is 1.34 bits per heavy atom. The summed E-state index contributed by atoms with van der Waals surface area (Å²) < 4.78 is 5.34. The molecule has 2 aliphatic rings. The fourth-order valence-corrected chi connectivity index (χ4v) is 4.26. The van der Waals surface area contributed by atoms with Gasteiger partial charge in [-0.3, -0.25) is 4.79 Å². The molecule has 0 saturated carbocycles. The van der Waals surface area contributed by atoms with E-state index in [1.54, 1.807) is 29.3 Å². The minimum Gasteiger partial charge on any atom is -0.476 e. The van der Waals surface area contributed by atoms with Crippen molar-refractivity contribution in [2.24, 2.45) is 0 Å². The molecule has 0 spiro atoms. The first-order valence-corrected chi connectivity index (χ1v) is 10.5. The standard InChI is InChI=1S/C22H22N6O4/c1-2-23-22-24-10-16-18(26-22)27-8-4-7-15(27)11-28(20(16)29)14-6-3-5-13(9-14)19-25-17(12-32-19)21(30)31/h3,5-6,9-10,12,15H,2,4,7-8,11H2,1H3,(H,30,31)(H,23,24,26). The quantitative estimate of drug-likeness (QED) is 0.623. The van der Waals surface area contributed by atoms with Crippen LogP contribution in [0.4, 0.5) is 17.5 Å². The van der Waals surface area contributed by atoms with Gasteiger partial charge in [0.15, 0.2) is 5.69 Å². The van der Waals surface area contributed by atoms with E-state index in [2.05, 4.69) is 25.2 Å². The van der Waals surface area contributed by atoms with Crippen LogP contribution in [0.25, 0.3) is 11.5 Å². The minimum atomic E-state index is -1.16. The van der Waals surface area contributed by atoms with Gasteiger partial charge in [-0.05, 0) is 38.0 Å². The fourth-order valence-electron chi connectivity index (χ4n) is 4.26. The molecule has 3 aromatic rings. The van der Waals surface area contributed by atoms with E-state index < -0.39 is 5.97 Å². The van der Waals surface area contributed by atoms with Crippen LogP contribution in [0.5, 0.6) is 0 Å². The van der Waals surface area contributed by atoms with E-state index in [1.807, 2.05) is 13.0 Å². The summed E-state index contributed by atoms with van der Waals surface area (Å²) in [6, 6.07) is 7.35. The lowest BCUT2D eigenvalue weighted by Gasteiger charge is -2.27. The van der Waals surface area contributed by atoms with E-state index >= 15 is 0 Å². The molecule has 0 bridgehead atoms. The molecular formula is C22H22N6O4. The Hall–Kier alpha value is -3.95. The molecule has 2 N–H and O–H groups in total. The maximum absolute atomic E-state index is 13.6. The third kappa shape index (κ3) is 3.43. The Kier molecular flexibility index (Phi) is 4.96. The number of nitrogens with zero attached hydrogens (tertiary/aromatic N) is 5. The molecule has 0 radical (unpaired) electrons. The van der Waals surface area contributed by atoms with Crippen LogP contribution in [-0.4, -0.2) is 57.6 Å². The monoisotopic (exact) mass is 434 g/mol. The molecule has 2 aromatic heterocycles. The summed E-state index contributed by atoms with van der Waals surface area (Å²) in [6.45, 7) is 4.02. The Balaban J connectivity index is 1.54. The topological polar surface area (TPSA) is 125 Å². The summed E-state index contributed by atoms with van der Waals surface area (Å²) in [5.74, 6) is 0.0363. The number of carboxylic acids is 1. The van der Waals surface area contributed by atoms with Crippen molar-refractivity contribution < 1.29 is 19.1 Å². The summed E-state index contributed by atoms with van der Waals surface area (Å²) in [5, 5.41) is 12.2. The summed E-state index contributed by atoms with van der Waals surface area (Å²) in [5.41, 5.74) is 1.57. The van der Waals surface area contributed by atoms with E-state index in [1.165, 1.54) is 0 Å². The highest BCUT2D eigenvalue weighted by Gasteiger charge is 2.37. The molecular weight excluding hydrogens is 412 g/mol. The zero-order valence-electron chi connectivity index (χ0n) is 17.5. The first kappa shape index (κ1) is 20.0.